The first-order valence-corrected chi connectivity index (χ1v) is 4.78. The molecule has 0 aliphatic carbocycles. The quantitative estimate of drug-likeness (QED) is 0.258. The van der Waals surface area contributed by atoms with E-state index in [-0.39, 0.29) is 6.61 Å². The number of Topliss-reactive ketones (excluding diaryl/α,β-unsaturated/α-hetero) is 1. The first-order valence-electron chi connectivity index (χ1n) is 4.78. The summed E-state index contributed by atoms with van der Waals surface area (Å²) in [5.41, 5.74) is 3.88. The number of hydrogen-bond acceptors (Lipinski definition) is 4. The number of alkyl halides is 3. The number of aliphatic hydroxyl groups is 1. The van der Waals surface area contributed by atoms with Gasteiger partial charge in [-0.05, 0) is 13.8 Å². The van der Waals surface area contributed by atoms with Crippen molar-refractivity contribution in [1.82, 2.24) is 0 Å². The van der Waals surface area contributed by atoms with Crippen molar-refractivity contribution in [3.63, 3.8) is 0 Å². The normalized spacial score (nSPS) is 14.3. The summed E-state index contributed by atoms with van der Waals surface area (Å²) in [6.45, 7) is 1.61. The minimum atomic E-state index is -5.06. The molecular formula is C9H11F3N2O4. The Morgan fingerprint density at radius 2 is 1.89 bits per heavy atom. The van der Waals surface area contributed by atoms with E-state index in [4.69, 9.17) is 10.6 Å². The maximum Gasteiger partial charge on any atom is 0.441 e. The molecule has 0 aliphatic heterocycles. The van der Waals surface area contributed by atoms with Gasteiger partial charge in [-0.15, -0.1) is 0 Å². The molecule has 0 bridgehead atoms. The van der Waals surface area contributed by atoms with Gasteiger partial charge in [0.25, 0.3) is 5.78 Å². The molecule has 1 N–H and O–H groups in total. The van der Waals surface area contributed by atoms with E-state index in [1.807, 2.05) is 0 Å². The van der Waals surface area contributed by atoms with E-state index < -0.39 is 35.7 Å². The largest absolute Gasteiger partial charge is 0.457 e. The van der Waals surface area contributed by atoms with Crippen LogP contribution in [0, 0.1) is 0 Å². The minimum absolute atomic E-state index is 0.152. The molecule has 0 spiro atoms. The SMILES string of the molecule is CCOC(=O)C(=[N+]=[N-])C(=O)CC(C)(O)C(F)(F)F. The Labute approximate surface area is 100.0 Å². The lowest BCUT2D eigenvalue weighted by Gasteiger charge is -2.24. The zero-order valence-electron chi connectivity index (χ0n) is 9.61. The van der Waals surface area contributed by atoms with Crippen LogP contribution in [0.25, 0.3) is 5.53 Å². The third-order valence-electron chi connectivity index (χ3n) is 1.95. The van der Waals surface area contributed by atoms with Gasteiger partial charge >= 0.3 is 17.9 Å². The van der Waals surface area contributed by atoms with Crippen molar-refractivity contribution < 1.29 is 37.4 Å². The van der Waals surface area contributed by atoms with E-state index >= 15 is 0 Å². The minimum Gasteiger partial charge on any atom is -0.457 e. The molecular weight excluding hydrogens is 257 g/mol. The molecule has 0 aromatic heterocycles. The van der Waals surface area contributed by atoms with Crippen LogP contribution >= 0.6 is 0 Å². The molecule has 0 heterocycles. The second-order valence-corrected chi connectivity index (χ2v) is 3.54. The van der Waals surface area contributed by atoms with Crippen molar-refractivity contribution in [1.29, 1.82) is 0 Å². The number of hydrogen-bond donors (Lipinski definition) is 1. The molecule has 0 saturated heterocycles. The molecule has 1 unspecified atom stereocenters. The fourth-order valence-electron chi connectivity index (χ4n) is 0.906. The number of ketones is 1. The molecule has 0 aliphatic rings. The third-order valence-corrected chi connectivity index (χ3v) is 1.95. The summed E-state index contributed by atoms with van der Waals surface area (Å²) in [5.74, 6) is -2.83. The van der Waals surface area contributed by atoms with Gasteiger partial charge in [0.1, 0.15) is 0 Å². The van der Waals surface area contributed by atoms with Crippen LogP contribution in [-0.4, -0.2) is 45.7 Å². The van der Waals surface area contributed by atoms with Crippen molar-refractivity contribution >= 4 is 17.5 Å². The van der Waals surface area contributed by atoms with Gasteiger partial charge in [0.15, 0.2) is 5.60 Å². The maximum absolute atomic E-state index is 12.3. The zero-order valence-corrected chi connectivity index (χ0v) is 9.61. The van der Waals surface area contributed by atoms with Crippen molar-refractivity contribution in [3.05, 3.63) is 5.53 Å². The van der Waals surface area contributed by atoms with Crippen LogP contribution in [0.5, 0.6) is 0 Å². The average molecular weight is 268 g/mol. The second-order valence-electron chi connectivity index (χ2n) is 3.54. The van der Waals surface area contributed by atoms with E-state index in [0.29, 0.717) is 6.92 Å². The van der Waals surface area contributed by atoms with Crippen LogP contribution in [0.2, 0.25) is 0 Å². The highest BCUT2D eigenvalue weighted by molar-refractivity contribution is 6.62. The average Bonchev–Trinajstić information content (AvgIpc) is 2.16. The molecule has 18 heavy (non-hydrogen) atoms. The van der Waals surface area contributed by atoms with Gasteiger partial charge in [-0.1, -0.05) is 0 Å². The van der Waals surface area contributed by atoms with Gasteiger partial charge in [-0.25, -0.2) is 4.79 Å². The number of nitrogens with zero attached hydrogens (tertiary/aromatic N) is 2. The standard InChI is InChI=1S/C9H11F3N2O4/c1-3-18-7(16)6(14-13)5(15)4-8(2,17)9(10,11)12/h17H,3-4H2,1-2H3. The van der Waals surface area contributed by atoms with Crippen molar-refractivity contribution in [2.75, 3.05) is 6.61 Å². The predicted octanol–water partition coefficient (Wildman–Crippen LogP) is 0.493. The van der Waals surface area contributed by atoms with Crippen LogP contribution < -0.4 is 0 Å². The lowest BCUT2D eigenvalue weighted by atomic mass is 9.96. The Bertz CT molecular complexity index is 397. The highest BCUT2D eigenvalue weighted by atomic mass is 19.4. The molecule has 9 heteroatoms. The molecule has 0 amide bonds. The van der Waals surface area contributed by atoms with E-state index in [1.165, 1.54) is 6.92 Å². The number of rotatable bonds is 5. The summed E-state index contributed by atoms with van der Waals surface area (Å²) >= 11 is 0. The van der Waals surface area contributed by atoms with Crippen molar-refractivity contribution in [2.24, 2.45) is 0 Å². The van der Waals surface area contributed by atoms with Crippen molar-refractivity contribution in [2.45, 2.75) is 32.0 Å². The molecule has 102 valence electrons. The van der Waals surface area contributed by atoms with E-state index in [2.05, 4.69) is 9.53 Å². The number of carbonyl (C=O) groups excluding carboxylic acids is 2. The lowest BCUT2D eigenvalue weighted by molar-refractivity contribution is -0.252. The smallest absolute Gasteiger partial charge is 0.441 e. The second kappa shape index (κ2) is 5.74. The topological polar surface area (TPSA) is 100 Å². The van der Waals surface area contributed by atoms with Crippen LogP contribution in [0.1, 0.15) is 20.3 Å². The zero-order chi connectivity index (χ0) is 14.6. The Hall–Kier alpha value is -1.73. The highest BCUT2D eigenvalue weighted by Crippen LogP contribution is 2.32. The van der Waals surface area contributed by atoms with E-state index in [9.17, 15) is 22.8 Å². The molecule has 0 saturated carbocycles. The molecule has 0 aromatic carbocycles. The Kier molecular flexibility index (Phi) is 5.19. The fraction of sp³-hybridized carbons (Fsp3) is 0.667. The predicted molar refractivity (Wildman–Crippen MR) is 51.6 cm³/mol. The Balaban J connectivity index is 4.98. The van der Waals surface area contributed by atoms with E-state index in [1.54, 1.807) is 0 Å². The molecule has 0 rings (SSSR count). The molecule has 1 atom stereocenters. The number of halogens is 3. The van der Waals surface area contributed by atoms with Crippen molar-refractivity contribution in [3.8, 4) is 0 Å². The number of ether oxygens (including phenoxy) is 1. The summed E-state index contributed by atoms with van der Waals surface area (Å²) < 4.78 is 41.2. The van der Waals surface area contributed by atoms with Gasteiger partial charge in [0, 0.05) is 0 Å². The Morgan fingerprint density at radius 1 is 1.39 bits per heavy atom. The summed E-state index contributed by atoms with van der Waals surface area (Å²) in [4.78, 5) is 24.6. The van der Waals surface area contributed by atoms with Crippen LogP contribution in [0.15, 0.2) is 0 Å². The molecule has 0 fully saturated rings. The summed E-state index contributed by atoms with van der Waals surface area (Å²) in [6.07, 6.45) is -6.51. The highest BCUT2D eigenvalue weighted by Gasteiger charge is 2.53. The number of esters is 1. The van der Waals surface area contributed by atoms with Gasteiger partial charge in [0.05, 0.1) is 13.0 Å². The first-order chi connectivity index (χ1) is 8.06. The summed E-state index contributed by atoms with van der Waals surface area (Å²) in [7, 11) is 0. The van der Waals surface area contributed by atoms with E-state index in [0.717, 1.165) is 0 Å². The number of carbonyl (C=O) groups is 2. The summed E-state index contributed by atoms with van der Waals surface area (Å²) in [5, 5.41) is 9.04. The molecule has 0 aromatic rings. The molecule has 0 radical (unpaired) electrons. The molecule has 6 nitrogen and oxygen atoms in total. The maximum atomic E-state index is 12.3. The van der Waals surface area contributed by atoms with Gasteiger partial charge < -0.3 is 15.4 Å². The fourth-order valence-corrected chi connectivity index (χ4v) is 0.906. The first kappa shape index (κ1) is 16.3. The lowest BCUT2D eigenvalue weighted by Crippen LogP contribution is -2.46. The van der Waals surface area contributed by atoms with Crippen LogP contribution in [-0.2, 0) is 14.3 Å². The van der Waals surface area contributed by atoms with Crippen LogP contribution in [0.4, 0.5) is 13.2 Å². The van der Waals surface area contributed by atoms with Crippen LogP contribution in [0.3, 0.4) is 0 Å². The van der Waals surface area contributed by atoms with Gasteiger partial charge in [-0.3, -0.25) is 4.79 Å². The third kappa shape index (κ3) is 3.94. The summed E-state index contributed by atoms with van der Waals surface area (Å²) in [6, 6.07) is 0. The Morgan fingerprint density at radius 3 is 2.22 bits per heavy atom. The van der Waals surface area contributed by atoms with Gasteiger partial charge in [-0.2, -0.15) is 18.0 Å². The monoisotopic (exact) mass is 268 g/mol. The van der Waals surface area contributed by atoms with Gasteiger partial charge in [0.2, 0.25) is 0 Å².